The molecule has 4 rings (SSSR count). The molecule has 1 aromatic carbocycles. The van der Waals surface area contributed by atoms with Gasteiger partial charge in [0.25, 0.3) is 0 Å². The van der Waals surface area contributed by atoms with E-state index >= 15 is 0 Å². The molecule has 8 nitrogen and oxygen atoms in total. The Labute approximate surface area is 144 Å². The minimum absolute atomic E-state index is 0.132. The Bertz CT molecular complexity index is 909. The number of para-hydroxylation sites is 2. The Balaban J connectivity index is 1.55. The summed E-state index contributed by atoms with van der Waals surface area (Å²) < 4.78 is 6.43. The first-order valence-electron chi connectivity index (χ1n) is 8.21. The quantitative estimate of drug-likeness (QED) is 0.674. The molecule has 8 heteroatoms. The Morgan fingerprint density at radius 1 is 1.28 bits per heavy atom. The van der Waals surface area contributed by atoms with E-state index in [0.29, 0.717) is 0 Å². The first-order valence-corrected chi connectivity index (χ1v) is 8.21. The number of nitrogens with zero attached hydrogens (tertiary/aromatic N) is 6. The van der Waals surface area contributed by atoms with Gasteiger partial charge < -0.3 is 9.64 Å². The van der Waals surface area contributed by atoms with Crippen molar-refractivity contribution in [2.45, 2.75) is 18.9 Å². The summed E-state index contributed by atoms with van der Waals surface area (Å²) in [6.07, 6.45) is 5.44. The number of fused-ring (bicyclic) bond motifs is 1. The first-order chi connectivity index (χ1) is 12.2. The highest BCUT2D eigenvalue weighted by atomic mass is 16.5. The lowest BCUT2D eigenvalue weighted by Crippen LogP contribution is -2.37. The molecule has 0 spiro atoms. The fraction of sp³-hybridized carbons (Fsp3) is 0.353. The molecule has 1 atom stereocenters. The summed E-state index contributed by atoms with van der Waals surface area (Å²) in [5.74, 6) is 0.385. The number of piperidine rings is 1. The van der Waals surface area contributed by atoms with Crippen molar-refractivity contribution >= 4 is 22.8 Å². The molecule has 0 amide bonds. The van der Waals surface area contributed by atoms with E-state index in [0.717, 1.165) is 42.8 Å². The molecule has 128 valence electrons. The van der Waals surface area contributed by atoms with Gasteiger partial charge in [-0.1, -0.05) is 17.3 Å². The van der Waals surface area contributed by atoms with Crippen molar-refractivity contribution in [1.82, 2.24) is 25.0 Å². The maximum Gasteiger partial charge on any atom is 0.360 e. The van der Waals surface area contributed by atoms with Gasteiger partial charge in [-0.05, 0) is 25.0 Å². The van der Waals surface area contributed by atoms with Gasteiger partial charge in [-0.25, -0.2) is 14.5 Å². The van der Waals surface area contributed by atoms with Gasteiger partial charge in [-0.3, -0.25) is 4.98 Å². The Morgan fingerprint density at radius 3 is 2.96 bits per heavy atom. The maximum absolute atomic E-state index is 11.6. The summed E-state index contributed by atoms with van der Waals surface area (Å²) in [7, 11) is 1.34. The van der Waals surface area contributed by atoms with E-state index in [4.69, 9.17) is 4.98 Å². The monoisotopic (exact) mass is 338 g/mol. The third-order valence-electron chi connectivity index (χ3n) is 4.44. The standard InChI is InChI=1S/C17H18N6O2/c1-25-17(24)15-11-23(21-20-15)12-5-4-8-22(10-12)16-9-18-13-6-2-3-7-14(13)19-16/h2-3,6-7,9,11-12H,4-5,8,10H2,1H3. The number of hydrogen-bond acceptors (Lipinski definition) is 7. The van der Waals surface area contributed by atoms with Gasteiger partial charge in [0, 0.05) is 13.1 Å². The molecule has 0 bridgehead atoms. The highest BCUT2D eigenvalue weighted by Gasteiger charge is 2.24. The van der Waals surface area contributed by atoms with E-state index in [-0.39, 0.29) is 11.7 Å². The minimum Gasteiger partial charge on any atom is -0.464 e. The van der Waals surface area contributed by atoms with Gasteiger partial charge in [-0.15, -0.1) is 5.10 Å². The molecule has 3 aromatic rings. The van der Waals surface area contributed by atoms with Crippen LogP contribution in [0.15, 0.2) is 36.7 Å². The number of methoxy groups -OCH3 is 1. The zero-order valence-electron chi connectivity index (χ0n) is 13.9. The SMILES string of the molecule is COC(=O)c1cn(C2CCCN(c3cnc4ccccc4n3)C2)nn1. The summed E-state index contributed by atoms with van der Waals surface area (Å²) in [4.78, 5) is 23.0. The van der Waals surface area contributed by atoms with Crippen LogP contribution in [0, 0.1) is 0 Å². The maximum atomic E-state index is 11.6. The fourth-order valence-corrected chi connectivity index (χ4v) is 3.13. The summed E-state index contributed by atoms with van der Waals surface area (Å²) in [5.41, 5.74) is 2.00. The largest absolute Gasteiger partial charge is 0.464 e. The molecule has 0 N–H and O–H groups in total. The number of rotatable bonds is 3. The van der Waals surface area contributed by atoms with Crippen LogP contribution in [0.5, 0.6) is 0 Å². The lowest BCUT2D eigenvalue weighted by molar-refractivity contribution is 0.0594. The molecule has 2 aromatic heterocycles. The zero-order valence-corrected chi connectivity index (χ0v) is 13.9. The third-order valence-corrected chi connectivity index (χ3v) is 4.44. The van der Waals surface area contributed by atoms with Gasteiger partial charge in [-0.2, -0.15) is 0 Å². The average Bonchev–Trinajstić information content (AvgIpc) is 3.17. The smallest absolute Gasteiger partial charge is 0.360 e. The third kappa shape index (κ3) is 3.02. The summed E-state index contributed by atoms with van der Waals surface area (Å²) >= 11 is 0. The molecular formula is C17H18N6O2. The van der Waals surface area contributed by atoms with Crippen molar-refractivity contribution in [2.24, 2.45) is 0 Å². The van der Waals surface area contributed by atoms with E-state index in [1.165, 1.54) is 7.11 Å². The molecule has 1 saturated heterocycles. The second-order valence-corrected chi connectivity index (χ2v) is 6.03. The van der Waals surface area contributed by atoms with Gasteiger partial charge in [0.05, 0.1) is 36.6 Å². The van der Waals surface area contributed by atoms with E-state index in [1.807, 2.05) is 30.5 Å². The van der Waals surface area contributed by atoms with Gasteiger partial charge >= 0.3 is 5.97 Å². The van der Waals surface area contributed by atoms with Crippen molar-refractivity contribution in [3.8, 4) is 0 Å². The Morgan fingerprint density at radius 2 is 2.12 bits per heavy atom. The van der Waals surface area contributed by atoms with Gasteiger partial charge in [0.1, 0.15) is 5.82 Å². The van der Waals surface area contributed by atoms with Crippen molar-refractivity contribution < 1.29 is 9.53 Å². The van der Waals surface area contributed by atoms with Crippen LogP contribution in [-0.4, -0.2) is 51.1 Å². The molecule has 0 aliphatic carbocycles. The number of carbonyl (C=O) groups is 1. The predicted octanol–water partition coefficient (Wildman–Crippen LogP) is 1.85. The minimum atomic E-state index is -0.473. The molecule has 1 unspecified atom stereocenters. The van der Waals surface area contributed by atoms with Crippen LogP contribution in [-0.2, 0) is 4.74 Å². The molecule has 3 heterocycles. The summed E-state index contributed by atoms with van der Waals surface area (Å²) in [5, 5.41) is 7.98. The second kappa shape index (κ2) is 6.46. The molecule has 0 radical (unpaired) electrons. The van der Waals surface area contributed by atoms with Gasteiger partial charge in [0.2, 0.25) is 0 Å². The molecule has 0 saturated carbocycles. The Hall–Kier alpha value is -3.03. The average molecular weight is 338 g/mol. The van der Waals surface area contributed by atoms with E-state index in [2.05, 4.69) is 24.9 Å². The topological polar surface area (TPSA) is 86.0 Å². The zero-order chi connectivity index (χ0) is 17.2. The number of carbonyl (C=O) groups excluding carboxylic acids is 1. The van der Waals surface area contributed by atoms with Gasteiger partial charge in [0.15, 0.2) is 5.69 Å². The number of ether oxygens (including phenoxy) is 1. The molecule has 1 aliphatic heterocycles. The van der Waals surface area contributed by atoms with Crippen molar-refractivity contribution in [1.29, 1.82) is 0 Å². The van der Waals surface area contributed by atoms with Crippen LogP contribution in [0.1, 0.15) is 29.4 Å². The van der Waals surface area contributed by atoms with E-state index < -0.39 is 5.97 Å². The van der Waals surface area contributed by atoms with Crippen LogP contribution in [0.4, 0.5) is 5.82 Å². The molecule has 1 aliphatic rings. The van der Waals surface area contributed by atoms with Crippen molar-refractivity contribution in [2.75, 3.05) is 25.1 Å². The highest BCUT2D eigenvalue weighted by Crippen LogP contribution is 2.25. The number of esters is 1. The predicted molar refractivity (Wildman–Crippen MR) is 91.4 cm³/mol. The highest BCUT2D eigenvalue weighted by molar-refractivity contribution is 5.86. The lowest BCUT2D eigenvalue weighted by Gasteiger charge is -2.33. The van der Waals surface area contributed by atoms with Crippen LogP contribution in [0.25, 0.3) is 11.0 Å². The fourth-order valence-electron chi connectivity index (χ4n) is 3.13. The molecule has 25 heavy (non-hydrogen) atoms. The number of hydrogen-bond donors (Lipinski definition) is 0. The number of aromatic nitrogens is 5. The van der Waals surface area contributed by atoms with Crippen LogP contribution >= 0.6 is 0 Å². The normalized spacial score (nSPS) is 17.6. The van der Waals surface area contributed by atoms with Crippen LogP contribution in [0.2, 0.25) is 0 Å². The van der Waals surface area contributed by atoms with Crippen molar-refractivity contribution in [3.63, 3.8) is 0 Å². The van der Waals surface area contributed by atoms with Crippen LogP contribution in [0.3, 0.4) is 0 Å². The summed E-state index contributed by atoms with van der Waals surface area (Å²) in [6.45, 7) is 1.67. The van der Waals surface area contributed by atoms with Crippen molar-refractivity contribution in [3.05, 3.63) is 42.4 Å². The van der Waals surface area contributed by atoms with E-state index in [9.17, 15) is 4.79 Å². The Kier molecular flexibility index (Phi) is 4.01. The molecular weight excluding hydrogens is 320 g/mol. The number of benzene rings is 1. The molecule has 1 fully saturated rings. The summed E-state index contributed by atoms with van der Waals surface area (Å²) in [6, 6.07) is 7.97. The lowest BCUT2D eigenvalue weighted by atomic mass is 10.1. The van der Waals surface area contributed by atoms with E-state index in [1.54, 1.807) is 10.9 Å². The first kappa shape index (κ1) is 15.5. The van der Waals surface area contributed by atoms with Crippen LogP contribution < -0.4 is 4.90 Å². The number of anilines is 1. The second-order valence-electron chi connectivity index (χ2n) is 6.03.